The number of benzene rings is 1. The molecule has 1 aromatic carbocycles. The molecule has 1 aromatic rings. The van der Waals surface area contributed by atoms with Gasteiger partial charge in [-0.25, -0.2) is 4.79 Å². The van der Waals surface area contributed by atoms with Crippen LogP contribution in [0.4, 0.5) is 10.5 Å². The summed E-state index contributed by atoms with van der Waals surface area (Å²) in [6.45, 7) is 4.28. The van der Waals surface area contributed by atoms with Crippen molar-refractivity contribution in [2.45, 2.75) is 20.3 Å². The zero-order valence-electron chi connectivity index (χ0n) is 11.2. The Labute approximate surface area is 118 Å². The number of rotatable bonds is 6. The van der Waals surface area contributed by atoms with Crippen molar-refractivity contribution >= 4 is 29.2 Å². The summed E-state index contributed by atoms with van der Waals surface area (Å²) in [5.74, 6) is -0.132. The third kappa shape index (κ3) is 4.91. The van der Waals surface area contributed by atoms with Crippen molar-refractivity contribution in [1.29, 1.82) is 0 Å². The Hall–Kier alpha value is -1.55. The number of carbonyl (C=O) groups is 2. The van der Waals surface area contributed by atoms with Crippen LogP contribution in [-0.2, 0) is 9.53 Å². The second kappa shape index (κ2) is 7.79. The van der Waals surface area contributed by atoms with Gasteiger partial charge in [0.2, 0.25) is 0 Å². The number of anilines is 1. The maximum absolute atomic E-state index is 11.9. The fourth-order valence-corrected chi connectivity index (χ4v) is 1.69. The van der Waals surface area contributed by atoms with Gasteiger partial charge in [0.15, 0.2) is 0 Å². The van der Waals surface area contributed by atoms with Crippen LogP contribution < -0.4 is 4.90 Å². The van der Waals surface area contributed by atoms with Gasteiger partial charge in [0.05, 0.1) is 12.5 Å². The minimum atomic E-state index is -0.450. The summed E-state index contributed by atoms with van der Waals surface area (Å²) in [5, 5.41) is 0. The fraction of sp³-hybridized carbons (Fsp3) is 0.429. The summed E-state index contributed by atoms with van der Waals surface area (Å²) < 4.78 is 5.00. The van der Waals surface area contributed by atoms with Crippen LogP contribution in [0.25, 0.3) is 0 Å². The highest BCUT2D eigenvalue weighted by Gasteiger charge is 2.17. The number of carbonyl (C=O) groups excluding carboxylic acids is 2. The molecule has 0 fully saturated rings. The number of nitrogens with zero attached hydrogens (tertiary/aromatic N) is 1. The first-order valence-corrected chi connectivity index (χ1v) is 6.70. The normalized spacial score (nSPS) is 10.1. The first-order chi connectivity index (χ1) is 9.08. The van der Waals surface area contributed by atoms with Gasteiger partial charge in [0.25, 0.3) is 0 Å². The summed E-state index contributed by atoms with van der Waals surface area (Å²) >= 11 is 5.46. The van der Waals surface area contributed by atoms with Crippen molar-refractivity contribution in [2.24, 2.45) is 0 Å². The molecule has 0 radical (unpaired) electrons. The number of ketones is 1. The monoisotopic (exact) mass is 283 g/mol. The van der Waals surface area contributed by atoms with Gasteiger partial charge in [-0.2, -0.15) is 0 Å². The van der Waals surface area contributed by atoms with Crippen LogP contribution >= 0.6 is 11.6 Å². The molecule has 1 rings (SSSR count). The van der Waals surface area contributed by atoms with Gasteiger partial charge in [0, 0.05) is 18.7 Å². The minimum Gasteiger partial charge on any atom is -0.449 e. The molecule has 0 aliphatic rings. The number of amides is 1. The maximum Gasteiger partial charge on any atom is 0.414 e. The van der Waals surface area contributed by atoms with Gasteiger partial charge in [-0.3, -0.25) is 9.69 Å². The third-order valence-electron chi connectivity index (χ3n) is 2.60. The molecule has 0 aliphatic heterocycles. The van der Waals surface area contributed by atoms with Gasteiger partial charge < -0.3 is 4.74 Å². The van der Waals surface area contributed by atoms with E-state index in [1.807, 2.05) is 31.2 Å². The largest absolute Gasteiger partial charge is 0.449 e. The van der Waals surface area contributed by atoms with E-state index >= 15 is 0 Å². The fourth-order valence-electron chi connectivity index (χ4n) is 1.56. The summed E-state index contributed by atoms with van der Waals surface area (Å²) in [4.78, 5) is 24.6. The number of hydrogen-bond acceptors (Lipinski definition) is 3. The van der Waals surface area contributed by atoms with E-state index in [2.05, 4.69) is 0 Å². The Bertz CT molecular complexity index is 431. The molecule has 1 amide bonds. The lowest BCUT2D eigenvalue weighted by atomic mass is 10.2. The Morgan fingerprint density at radius 2 is 1.89 bits per heavy atom. The maximum atomic E-state index is 11.9. The molecule has 0 unspecified atom stereocenters. The van der Waals surface area contributed by atoms with Crippen molar-refractivity contribution in [1.82, 2.24) is 0 Å². The van der Waals surface area contributed by atoms with Crippen LogP contribution in [0.5, 0.6) is 0 Å². The summed E-state index contributed by atoms with van der Waals surface area (Å²) in [6, 6.07) is 7.48. The number of alkyl halides is 1. The quantitative estimate of drug-likeness (QED) is 0.754. The molecular weight excluding hydrogens is 266 g/mol. The Morgan fingerprint density at radius 1 is 1.26 bits per heavy atom. The highest BCUT2D eigenvalue weighted by molar-refractivity contribution is 6.27. The molecule has 104 valence electrons. The lowest BCUT2D eigenvalue weighted by Gasteiger charge is -2.21. The average Bonchev–Trinajstić information content (AvgIpc) is 2.41. The van der Waals surface area contributed by atoms with Crippen LogP contribution in [0.15, 0.2) is 24.3 Å². The van der Waals surface area contributed by atoms with Crippen LogP contribution in [0.1, 0.15) is 18.9 Å². The molecule has 0 aromatic heterocycles. The topological polar surface area (TPSA) is 46.6 Å². The average molecular weight is 284 g/mol. The molecule has 0 saturated heterocycles. The van der Waals surface area contributed by atoms with Gasteiger partial charge in [0.1, 0.15) is 5.78 Å². The predicted molar refractivity (Wildman–Crippen MR) is 75.9 cm³/mol. The second-order valence-corrected chi connectivity index (χ2v) is 4.38. The van der Waals surface area contributed by atoms with Crippen molar-refractivity contribution in [3.8, 4) is 0 Å². The van der Waals surface area contributed by atoms with Crippen LogP contribution in [0, 0.1) is 6.92 Å². The summed E-state index contributed by atoms with van der Waals surface area (Å²) in [6.07, 6.45) is -0.232. The lowest BCUT2D eigenvalue weighted by Crippen LogP contribution is -2.33. The van der Waals surface area contributed by atoms with E-state index in [0.717, 1.165) is 5.56 Å². The van der Waals surface area contributed by atoms with Gasteiger partial charge in [-0.15, -0.1) is 11.6 Å². The molecule has 4 nitrogen and oxygen atoms in total. The molecule has 0 saturated carbocycles. The summed E-state index contributed by atoms with van der Waals surface area (Å²) in [5.41, 5.74) is 1.82. The molecular formula is C14H18ClNO3. The second-order valence-electron chi connectivity index (χ2n) is 4.11. The van der Waals surface area contributed by atoms with Crippen LogP contribution in [-0.4, -0.2) is 30.9 Å². The number of hydrogen-bond donors (Lipinski definition) is 0. The van der Waals surface area contributed by atoms with Crippen molar-refractivity contribution < 1.29 is 14.3 Å². The Morgan fingerprint density at radius 3 is 2.42 bits per heavy atom. The van der Waals surface area contributed by atoms with Crippen molar-refractivity contribution in [2.75, 3.05) is 23.9 Å². The van der Waals surface area contributed by atoms with E-state index in [1.165, 1.54) is 4.90 Å². The van der Waals surface area contributed by atoms with Gasteiger partial charge in [-0.05, 0) is 26.0 Å². The van der Waals surface area contributed by atoms with Crippen molar-refractivity contribution in [3.05, 3.63) is 29.8 Å². The highest BCUT2D eigenvalue weighted by Crippen LogP contribution is 2.16. The van der Waals surface area contributed by atoms with Crippen LogP contribution in [0.3, 0.4) is 0 Å². The molecule has 0 aliphatic carbocycles. The standard InChI is InChI=1S/C14H18ClNO3/c1-3-19-14(18)16(9-8-13(17)10-15)12-6-4-11(2)5-7-12/h4-7H,3,8-10H2,1-2H3. The number of Topliss-reactive ketones (excluding diaryl/α,β-unsaturated/α-hetero) is 1. The molecule has 0 spiro atoms. The predicted octanol–water partition coefficient (Wildman–Crippen LogP) is 3.16. The third-order valence-corrected chi connectivity index (χ3v) is 2.90. The first-order valence-electron chi connectivity index (χ1n) is 6.17. The van der Waals surface area contributed by atoms with E-state index in [4.69, 9.17) is 16.3 Å². The first kappa shape index (κ1) is 15.5. The number of ether oxygens (including phenoxy) is 1. The lowest BCUT2D eigenvalue weighted by molar-refractivity contribution is -0.116. The molecule has 0 N–H and O–H groups in total. The zero-order valence-corrected chi connectivity index (χ0v) is 11.9. The molecule has 5 heteroatoms. The van der Waals surface area contributed by atoms with E-state index in [0.29, 0.717) is 12.3 Å². The number of aryl methyl sites for hydroxylation is 1. The highest BCUT2D eigenvalue weighted by atomic mass is 35.5. The van der Waals surface area contributed by atoms with E-state index in [9.17, 15) is 9.59 Å². The van der Waals surface area contributed by atoms with Crippen LogP contribution in [0.2, 0.25) is 0 Å². The van der Waals surface area contributed by atoms with E-state index in [1.54, 1.807) is 6.92 Å². The van der Waals surface area contributed by atoms with E-state index in [-0.39, 0.29) is 24.6 Å². The smallest absolute Gasteiger partial charge is 0.414 e. The molecule has 0 bridgehead atoms. The molecule has 0 heterocycles. The van der Waals surface area contributed by atoms with Crippen molar-refractivity contribution in [3.63, 3.8) is 0 Å². The Kier molecular flexibility index (Phi) is 6.36. The molecule has 0 atom stereocenters. The summed E-state index contributed by atoms with van der Waals surface area (Å²) in [7, 11) is 0. The van der Waals surface area contributed by atoms with E-state index < -0.39 is 6.09 Å². The number of halogens is 1. The Balaban J connectivity index is 2.82. The minimum absolute atomic E-state index is 0.0371. The van der Waals surface area contributed by atoms with Gasteiger partial charge >= 0.3 is 6.09 Å². The molecule has 19 heavy (non-hydrogen) atoms. The SMILES string of the molecule is CCOC(=O)N(CCC(=O)CCl)c1ccc(C)cc1. The van der Waals surface area contributed by atoms with Gasteiger partial charge in [-0.1, -0.05) is 17.7 Å². The zero-order chi connectivity index (χ0) is 14.3.